The van der Waals surface area contributed by atoms with Crippen LogP contribution in [0, 0.1) is 0 Å². The molecule has 1 atom stereocenters. The Morgan fingerprint density at radius 3 is 2.71 bits per heavy atom. The van der Waals surface area contributed by atoms with Crippen molar-refractivity contribution in [3.05, 3.63) is 16.5 Å². The summed E-state index contributed by atoms with van der Waals surface area (Å²) in [6.45, 7) is 3.68. The Labute approximate surface area is 131 Å². The van der Waals surface area contributed by atoms with E-state index in [2.05, 4.69) is 20.8 Å². The van der Waals surface area contributed by atoms with Gasteiger partial charge in [0.15, 0.2) is 4.67 Å². The SMILES string of the molecule is CC1CN(C)CCCN1S(=O)(=O)c1cc(C(=O)O)oc1Br. The Morgan fingerprint density at radius 2 is 2.14 bits per heavy atom. The summed E-state index contributed by atoms with van der Waals surface area (Å²) in [6.07, 6.45) is 0.724. The van der Waals surface area contributed by atoms with Crippen LogP contribution in [0.3, 0.4) is 0 Å². The minimum atomic E-state index is -3.80. The van der Waals surface area contributed by atoms with Crippen LogP contribution in [0.2, 0.25) is 0 Å². The molecule has 1 aliphatic rings. The van der Waals surface area contributed by atoms with E-state index in [1.165, 1.54) is 4.31 Å². The smallest absolute Gasteiger partial charge is 0.371 e. The number of nitrogens with zero attached hydrogens (tertiary/aromatic N) is 2. The van der Waals surface area contributed by atoms with Gasteiger partial charge in [-0.3, -0.25) is 0 Å². The van der Waals surface area contributed by atoms with Gasteiger partial charge in [0.1, 0.15) is 4.90 Å². The molecule has 0 spiro atoms. The largest absolute Gasteiger partial charge is 0.475 e. The second-order valence-electron chi connectivity index (χ2n) is 5.13. The molecule has 1 fully saturated rings. The fourth-order valence-corrected chi connectivity index (χ4v) is 5.03. The molecule has 21 heavy (non-hydrogen) atoms. The molecule has 7 nitrogen and oxygen atoms in total. The normalized spacial score (nSPS) is 22.1. The molecule has 118 valence electrons. The van der Waals surface area contributed by atoms with Gasteiger partial charge in [-0.15, -0.1) is 0 Å². The number of hydrogen-bond acceptors (Lipinski definition) is 5. The number of sulfonamides is 1. The van der Waals surface area contributed by atoms with Crippen LogP contribution in [0.5, 0.6) is 0 Å². The summed E-state index contributed by atoms with van der Waals surface area (Å²) >= 11 is 2.99. The number of aromatic carboxylic acids is 1. The minimum absolute atomic E-state index is 0.0790. The third-order valence-corrected chi connectivity index (χ3v) is 6.31. The third kappa shape index (κ3) is 3.31. The lowest BCUT2D eigenvalue weighted by atomic mass is 10.3. The van der Waals surface area contributed by atoms with Crippen molar-refractivity contribution in [2.24, 2.45) is 0 Å². The number of halogens is 1. The number of carbonyl (C=O) groups is 1. The molecular formula is C12H17BrN2O5S. The van der Waals surface area contributed by atoms with Crippen molar-refractivity contribution in [3.63, 3.8) is 0 Å². The summed E-state index contributed by atoms with van der Waals surface area (Å²) < 4.78 is 31.7. The van der Waals surface area contributed by atoms with Gasteiger partial charge in [-0.1, -0.05) is 0 Å². The van der Waals surface area contributed by atoms with Crippen LogP contribution in [0.25, 0.3) is 0 Å². The van der Waals surface area contributed by atoms with Crippen molar-refractivity contribution in [1.82, 2.24) is 9.21 Å². The summed E-state index contributed by atoms with van der Waals surface area (Å²) in [6, 6.07) is 0.848. The minimum Gasteiger partial charge on any atom is -0.475 e. The Bertz CT molecular complexity index is 642. The van der Waals surface area contributed by atoms with Crippen LogP contribution in [0.15, 0.2) is 20.0 Å². The average Bonchev–Trinajstić information content (AvgIpc) is 2.68. The van der Waals surface area contributed by atoms with Gasteiger partial charge in [0.25, 0.3) is 0 Å². The highest BCUT2D eigenvalue weighted by molar-refractivity contribution is 9.10. The molecule has 0 aliphatic carbocycles. The summed E-state index contributed by atoms with van der Waals surface area (Å²) in [4.78, 5) is 12.8. The van der Waals surface area contributed by atoms with Crippen molar-refractivity contribution in [2.45, 2.75) is 24.3 Å². The van der Waals surface area contributed by atoms with E-state index in [0.717, 1.165) is 19.0 Å². The Morgan fingerprint density at radius 1 is 1.48 bits per heavy atom. The quantitative estimate of drug-likeness (QED) is 0.853. The molecule has 1 N–H and O–H groups in total. The van der Waals surface area contributed by atoms with E-state index in [0.29, 0.717) is 13.1 Å². The van der Waals surface area contributed by atoms with Gasteiger partial charge in [-0.25, -0.2) is 13.2 Å². The van der Waals surface area contributed by atoms with E-state index in [4.69, 9.17) is 9.52 Å². The predicted octanol–water partition coefficient (Wildman–Crippen LogP) is 1.46. The molecule has 1 aromatic rings. The van der Waals surface area contributed by atoms with Gasteiger partial charge in [-0.05, 0) is 42.9 Å². The van der Waals surface area contributed by atoms with Crippen molar-refractivity contribution < 1.29 is 22.7 Å². The number of rotatable bonds is 3. The molecule has 0 saturated carbocycles. The van der Waals surface area contributed by atoms with Gasteiger partial charge < -0.3 is 14.4 Å². The standard InChI is InChI=1S/C12H17BrN2O5S/c1-8-7-14(2)4-3-5-15(8)21(18,19)10-6-9(12(16)17)20-11(10)13/h6,8H,3-5,7H2,1-2H3,(H,16,17). The summed E-state index contributed by atoms with van der Waals surface area (Å²) in [5.41, 5.74) is 0. The summed E-state index contributed by atoms with van der Waals surface area (Å²) in [5, 5.41) is 8.90. The topological polar surface area (TPSA) is 91.1 Å². The summed E-state index contributed by atoms with van der Waals surface area (Å²) in [5.74, 6) is -1.71. The van der Waals surface area contributed by atoms with Crippen molar-refractivity contribution in [2.75, 3.05) is 26.7 Å². The number of furan rings is 1. The first-order valence-corrected chi connectivity index (χ1v) is 8.70. The molecule has 1 aromatic heterocycles. The molecule has 1 aliphatic heterocycles. The fraction of sp³-hybridized carbons (Fsp3) is 0.583. The Hall–Kier alpha value is -0.900. The highest BCUT2D eigenvalue weighted by atomic mass is 79.9. The lowest BCUT2D eigenvalue weighted by molar-refractivity contribution is 0.0661. The molecule has 1 unspecified atom stereocenters. The van der Waals surface area contributed by atoms with E-state index in [1.807, 2.05) is 14.0 Å². The van der Waals surface area contributed by atoms with Crippen molar-refractivity contribution >= 4 is 31.9 Å². The van der Waals surface area contributed by atoms with E-state index in [1.54, 1.807) is 0 Å². The highest BCUT2D eigenvalue weighted by Gasteiger charge is 2.35. The zero-order valence-corrected chi connectivity index (χ0v) is 14.1. The van der Waals surface area contributed by atoms with Gasteiger partial charge in [0.2, 0.25) is 15.8 Å². The van der Waals surface area contributed by atoms with Gasteiger partial charge in [-0.2, -0.15) is 4.31 Å². The molecule has 0 radical (unpaired) electrons. The van der Waals surface area contributed by atoms with E-state index < -0.39 is 21.8 Å². The zero-order chi connectivity index (χ0) is 15.8. The van der Waals surface area contributed by atoms with E-state index >= 15 is 0 Å². The van der Waals surface area contributed by atoms with Crippen molar-refractivity contribution in [3.8, 4) is 0 Å². The van der Waals surface area contributed by atoms with Crippen LogP contribution in [0.1, 0.15) is 23.9 Å². The zero-order valence-electron chi connectivity index (χ0n) is 11.7. The van der Waals surface area contributed by atoms with E-state index in [-0.39, 0.29) is 15.6 Å². The first-order valence-electron chi connectivity index (χ1n) is 6.46. The molecule has 0 bridgehead atoms. The predicted molar refractivity (Wildman–Crippen MR) is 78.8 cm³/mol. The molecule has 1 saturated heterocycles. The number of hydrogen-bond donors (Lipinski definition) is 1. The number of likely N-dealkylation sites (N-methyl/N-ethyl adjacent to an activating group) is 1. The summed E-state index contributed by atoms with van der Waals surface area (Å²) in [7, 11) is -1.85. The molecular weight excluding hydrogens is 364 g/mol. The van der Waals surface area contributed by atoms with Gasteiger partial charge in [0, 0.05) is 25.2 Å². The number of carboxylic acid groups (broad SMARTS) is 1. The van der Waals surface area contributed by atoms with Crippen molar-refractivity contribution in [1.29, 1.82) is 0 Å². The second-order valence-corrected chi connectivity index (χ2v) is 7.71. The molecule has 0 amide bonds. The first kappa shape index (κ1) is 16.5. The highest BCUT2D eigenvalue weighted by Crippen LogP contribution is 2.30. The third-order valence-electron chi connectivity index (χ3n) is 3.44. The Balaban J connectivity index is 2.39. The van der Waals surface area contributed by atoms with Crippen LogP contribution >= 0.6 is 15.9 Å². The number of carboxylic acids is 1. The lowest BCUT2D eigenvalue weighted by Crippen LogP contribution is -2.41. The van der Waals surface area contributed by atoms with E-state index in [9.17, 15) is 13.2 Å². The molecule has 9 heteroatoms. The lowest BCUT2D eigenvalue weighted by Gasteiger charge is -2.26. The van der Waals surface area contributed by atoms with Crippen LogP contribution < -0.4 is 0 Å². The molecule has 2 heterocycles. The maximum absolute atomic E-state index is 12.7. The maximum atomic E-state index is 12.7. The maximum Gasteiger partial charge on any atom is 0.371 e. The Kier molecular flexibility index (Phi) is 4.76. The fourth-order valence-electron chi connectivity index (χ4n) is 2.47. The second kappa shape index (κ2) is 6.07. The first-order chi connectivity index (χ1) is 9.73. The average molecular weight is 381 g/mol. The van der Waals surface area contributed by atoms with Crippen LogP contribution in [-0.2, 0) is 10.0 Å². The van der Waals surface area contributed by atoms with Crippen LogP contribution in [0.4, 0.5) is 0 Å². The molecule has 2 rings (SSSR count). The molecule has 0 aromatic carbocycles. The monoisotopic (exact) mass is 380 g/mol. The van der Waals surface area contributed by atoms with Crippen LogP contribution in [-0.4, -0.2) is 61.4 Å². The van der Waals surface area contributed by atoms with Gasteiger partial charge in [0.05, 0.1) is 0 Å². The van der Waals surface area contributed by atoms with Gasteiger partial charge >= 0.3 is 5.97 Å².